The van der Waals surface area contributed by atoms with Crippen LogP contribution in [-0.2, 0) is 14.3 Å². The van der Waals surface area contributed by atoms with Crippen LogP contribution < -0.4 is 9.47 Å². The fraction of sp³-hybridized carbons (Fsp3) is 0.393. The molecule has 2 aliphatic rings. The van der Waals surface area contributed by atoms with Crippen LogP contribution in [0.15, 0.2) is 48.8 Å². The molecule has 200 valence electrons. The van der Waals surface area contributed by atoms with E-state index in [1.165, 1.54) is 0 Å². The summed E-state index contributed by atoms with van der Waals surface area (Å²) < 4.78 is 20.0. The molecule has 0 aliphatic carbocycles. The van der Waals surface area contributed by atoms with Crippen molar-refractivity contribution in [1.82, 2.24) is 14.5 Å². The zero-order valence-electron chi connectivity index (χ0n) is 21.3. The number of fused-ring (bicyclic) bond motifs is 3. The maximum absolute atomic E-state index is 13.5. The molecule has 10 heteroatoms. The van der Waals surface area contributed by atoms with Gasteiger partial charge in [0.1, 0.15) is 18.0 Å². The van der Waals surface area contributed by atoms with Crippen molar-refractivity contribution in [1.29, 1.82) is 0 Å². The van der Waals surface area contributed by atoms with Gasteiger partial charge in [-0.1, -0.05) is 23.7 Å². The maximum atomic E-state index is 13.5. The second kappa shape index (κ2) is 11.0. The highest BCUT2D eigenvalue weighted by molar-refractivity contribution is 6.30. The summed E-state index contributed by atoms with van der Waals surface area (Å²) in [6.45, 7) is 1.07. The number of carboxylic acid groups (broad SMARTS) is 1. The number of amides is 1. The topological polar surface area (TPSA) is 103 Å². The molecule has 3 aromatic rings. The molecule has 1 saturated heterocycles. The highest BCUT2D eigenvalue weighted by Gasteiger charge is 2.36. The summed E-state index contributed by atoms with van der Waals surface area (Å²) in [5, 5.41) is 9.57. The van der Waals surface area contributed by atoms with Crippen molar-refractivity contribution in [2.75, 3.05) is 27.3 Å². The van der Waals surface area contributed by atoms with E-state index in [0.29, 0.717) is 48.3 Å². The lowest BCUT2D eigenvalue weighted by Gasteiger charge is -2.32. The molecule has 1 N–H and O–H groups in total. The monoisotopic (exact) mass is 539 g/mol. The predicted octanol–water partition coefficient (Wildman–Crippen LogP) is 4.81. The normalized spacial score (nSPS) is 19.3. The van der Waals surface area contributed by atoms with Crippen molar-refractivity contribution in [2.45, 2.75) is 37.9 Å². The second-order valence-corrected chi connectivity index (χ2v) is 10.0. The molecule has 5 rings (SSSR count). The van der Waals surface area contributed by atoms with Crippen LogP contribution in [0.25, 0.3) is 5.82 Å². The summed E-state index contributed by atoms with van der Waals surface area (Å²) in [5.41, 5.74) is 2.28. The number of nitrogens with zero attached hydrogens (tertiary/aromatic N) is 3. The van der Waals surface area contributed by atoms with Gasteiger partial charge in [0.25, 0.3) is 0 Å². The lowest BCUT2D eigenvalue weighted by molar-refractivity contribution is -0.139. The van der Waals surface area contributed by atoms with Crippen molar-refractivity contribution in [2.24, 2.45) is 5.92 Å². The zero-order valence-corrected chi connectivity index (χ0v) is 22.1. The number of halogens is 1. The maximum Gasteiger partial charge on any atom is 0.303 e. The van der Waals surface area contributed by atoms with Gasteiger partial charge in [0, 0.05) is 43.0 Å². The Labute approximate surface area is 225 Å². The molecule has 0 saturated carbocycles. The number of methoxy groups -OCH3 is 2. The molecule has 38 heavy (non-hydrogen) atoms. The number of likely N-dealkylation sites (tertiary alicyclic amines) is 1. The van der Waals surface area contributed by atoms with E-state index in [9.17, 15) is 9.59 Å². The Morgan fingerprint density at radius 2 is 1.89 bits per heavy atom. The average molecular weight is 540 g/mol. The molecule has 1 fully saturated rings. The van der Waals surface area contributed by atoms with Gasteiger partial charge < -0.3 is 28.8 Å². The van der Waals surface area contributed by atoms with E-state index in [2.05, 4.69) is 4.98 Å². The molecule has 0 unspecified atom stereocenters. The van der Waals surface area contributed by atoms with Crippen LogP contribution in [0.4, 0.5) is 0 Å². The molecular formula is C28H30ClN3O6. The Hall–Kier alpha value is -3.56. The number of hydrogen-bond donors (Lipinski definition) is 1. The molecular weight excluding hydrogens is 510 g/mol. The number of carboxylic acids is 1. The summed E-state index contributed by atoms with van der Waals surface area (Å²) in [6, 6.07) is 11.2. The van der Waals surface area contributed by atoms with Crippen LogP contribution in [-0.4, -0.2) is 58.7 Å². The first-order valence-electron chi connectivity index (χ1n) is 12.6. The molecule has 1 aromatic carbocycles. The van der Waals surface area contributed by atoms with Crippen LogP contribution in [0.3, 0.4) is 0 Å². The van der Waals surface area contributed by atoms with Gasteiger partial charge in [0.15, 0.2) is 11.5 Å². The zero-order chi connectivity index (χ0) is 26.8. The Morgan fingerprint density at radius 1 is 1.11 bits per heavy atom. The molecule has 4 heterocycles. The van der Waals surface area contributed by atoms with Crippen molar-refractivity contribution >= 4 is 23.5 Å². The minimum Gasteiger partial charge on any atom is -0.493 e. The van der Waals surface area contributed by atoms with E-state index in [-0.39, 0.29) is 24.7 Å². The van der Waals surface area contributed by atoms with Crippen molar-refractivity contribution in [3.05, 3.63) is 70.6 Å². The Bertz CT molecular complexity index is 1330. The fourth-order valence-electron chi connectivity index (χ4n) is 5.43. The third-order valence-corrected chi connectivity index (χ3v) is 7.50. The van der Waals surface area contributed by atoms with Crippen molar-refractivity contribution in [3.63, 3.8) is 0 Å². The van der Waals surface area contributed by atoms with E-state index in [4.69, 9.17) is 30.9 Å². The first-order valence-corrected chi connectivity index (χ1v) is 13.0. The highest BCUT2D eigenvalue weighted by atomic mass is 35.5. The lowest BCUT2D eigenvalue weighted by atomic mass is 9.93. The minimum atomic E-state index is -0.797. The number of ether oxygens (including phenoxy) is 3. The standard InChI is InChI=1S/C28H30ClN3O6/c1-36-22-7-3-5-19(27(22)37-2)26-20-14-18(29)16-30-28(20)32-10-4-6-21(32)23(38-26)15-24(33)31-11-8-17(9-12-31)13-25(34)35/h3-7,10,14,16-17,23,26H,8-9,11-13,15H2,1-2H3,(H,34,35)/t23-,26-/m0/s1. The van der Waals surface area contributed by atoms with Crippen LogP contribution in [0.1, 0.15) is 54.7 Å². The van der Waals surface area contributed by atoms with Crippen LogP contribution in [0.2, 0.25) is 5.02 Å². The molecule has 2 aliphatic heterocycles. The van der Waals surface area contributed by atoms with Gasteiger partial charge in [-0.2, -0.15) is 0 Å². The van der Waals surface area contributed by atoms with Crippen molar-refractivity contribution in [3.8, 4) is 17.3 Å². The predicted molar refractivity (Wildman–Crippen MR) is 140 cm³/mol. The number of pyridine rings is 1. The van der Waals surface area contributed by atoms with Gasteiger partial charge >= 0.3 is 5.97 Å². The SMILES string of the molecule is COc1cccc([C@@H]2O[C@@H](CC(=O)N3CCC(CC(=O)O)CC3)c3cccn3-c3ncc(Cl)cc32)c1OC. The van der Waals surface area contributed by atoms with Gasteiger partial charge in [-0.05, 0) is 43.0 Å². The minimum absolute atomic E-state index is 0.0372. The van der Waals surface area contributed by atoms with Gasteiger partial charge in [0.2, 0.25) is 5.91 Å². The van der Waals surface area contributed by atoms with E-state index in [1.54, 1.807) is 20.4 Å². The number of carbonyl (C=O) groups excluding carboxylic acids is 1. The number of carbonyl (C=O) groups is 2. The van der Waals surface area contributed by atoms with Crippen LogP contribution in [0, 0.1) is 5.92 Å². The lowest BCUT2D eigenvalue weighted by Crippen LogP contribution is -2.39. The number of aliphatic carboxylic acids is 1. The quantitative estimate of drug-likeness (QED) is 0.459. The van der Waals surface area contributed by atoms with Gasteiger partial charge in [-0.25, -0.2) is 4.98 Å². The molecule has 1 amide bonds. The number of aromatic nitrogens is 2. The fourth-order valence-corrected chi connectivity index (χ4v) is 5.60. The Kier molecular flexibility index (Phi) is 7.58. The van der Waals surface area contributed by atoms with Crippen molar-refractivity contribution < 1.29 is 28.9 Å². The largest absolute Gasteiger partial charge is 0.493 e. The van der Waals surface area contributed by atoms with Gasteiger partial charge in [0.05, 0.1) is 31.4 Å². The smallest absolute Gasteiger partial charge is 0.303 e. The Morgan fingerprint density at radius 3 is 2.61 bits per heavy atom. The number of piperidine rings is 1. The first-order chi connectivity index (χ1) is 18.4. The third-order valence-electron chi connectivity index (χ3n) is 7.29. The first kappa shape index (κ1) is 26.1. The van der Waals surface area contributed by atoms with E-state index in [1.807, 2.05) is 52.1 Å². The number of benzene rings is 1. The number of rotatable bonds is 7. The molecule has 0 radical (unpaired) electrons. The summed E-state index contributed by atoms with van der Waals surface area (Å²) in [7, 11) is 3.16. The highest BCUT2D eigenvalue weighted by Crippen LogP contribution is 2.46. The van der Waals surface area contributed by atoms with E-state index < -0.39 is 18.2 Å². The molecule has 0 bridgehead atoms. The molecule has 0 spiro atoms. The number of hydrogen-bond acceptors (Lipinski definition) is 6. The van der Waals surface area contributed by atoms with Crippen LogP contribution in [0.5, 0.6) is 11.5 Å². The molecule has 9 nitrogen and oxygen atoms in total. The summed E-state index contributed by atoms with van der Waals surface area (Å²) in [4.78, 5) is 31.0. The van der Waals surface area contributed by atoms with Crippen LogP contribution >= 0.6 is 11.6 Å². The van der Waals surface area contributed by atoms with Gasteiger partial charge in [-0.3, -0.25) is 9.59 Å². The molecule has 2 atom stereocenters. The Balaban J connectivity index is 1.49. The summed E-state index contributed by atoms with van der Waals surface area (Å²) in [5.74, 6) is 1.01. The number of para-hydroxylation sites is 1. The average Bonchev–Trinajstić information content (AvgIpc) is 3.36. The second-order valence-electron chi connectivity index (χ2n) is 9.58. The summed E-state index contributed by atoms with van der Waals surface area (Å²) in [6.07, 6.45) is 3.89. The summed E-state index contributed by atoms with van der Waals surface area (Å²) >= 11 is 6.40. The molecule has 2 aromatic heterocycles. The third kappa shape index (κ3) is 5.08. The van der Waals surface area contributed by atoms with E-state index >= 15 is 0 Å². The van der Waals surface area contributed by atoms with E-state index in [0.717, 1.165) is 16.8 Å². The van der Waals surface area contributed by atoms with Gasteiger partial charge in [-0.15, -0.1) is 0 Å².